The maximum absolute atomic E-state index is 14.7. The highest BCUT2D eigenvalue weighted by molar-refractivity contribution is 7.96. The van der Waals surface area contributed by atoms with E-state index in [1.807, 2.05) is 31.2 Å². The van der Waals surface area contributed by atoms with E-state index in [9.17, 15) is 14.1 Å². The lowest BCUT2D eigenvalue weighted by Gasteiger charge is -2.37. The Balaban J connectivity index is 2.56. The minimum atomic E-state index is -2.98. The van der Waals surface area contributed by atoms with Crippen LogP contribution in [0.15, 0.2) is 44.5 Å². The highest BCUT2D eigenvalue weighted by Crippen LogP contribution is 2.38. The minimum Gasteiger partial charge on any atom is -0.464 e. The monoisotopic (exact) mass is 537 g/mol. The first-order chi connectivity index (χ1) is 16.6. The zero-order valence-corrected chi connectivity index (χ0v) is 25.5. The number of carbonyl (C=O) groups is 1. The van der Waals surface area contributed by atoms with Crippen LogP contribution in [0.5, 0.6) is 0 Å². The lowest BCUT2D eigenvalue weighted by atomic mass is 9.97. The average Bonchev–Trinajstić information content (AvgIpc) is 3.23. The van der Waals surface area contributed by atoms with Gasteiger partial charge in [-0.1, -0.05) is 57.9 Å². The first kappa shape index (κ1) is 30.7. The van der Waals surface area contributed by atoms with Gasteiger partial charge in [-0.25, -0.2) is 13.4 Å². The number of aliphatic hydroxyl groups excluding tert-OH is 1. The standard InChI is InChI=1S/C28H47NO5SSi/c1-10-33-27(31)26(30)24-13-11-12-22(24)19-35(32,23-16-14-21(4)15-17-23)29-25(20(2)3)18-34-36(8,9)28(5,6)7/h14-17,19-20,24-26,30H,10-13,18H2,1-9H3/b22-19-/t24-,25+,26-,35?/m1/s1. The van der Waals surface area contributed by atoms with Crippen LogP contribution in [0.3, 0.4) is 0 Å². The molecule has 1 unspecified atom stereocenters. The molecule has 0 bridgehead atoms. The van der Waals surface area contributed by atoms with Gasteiger partial charge >= 0.3 is 5.97 Å². The van der Waals surface area contributed by atoms with E-state index in [2.05, 4.69) is 47.7 Å². The van der Waals surface area contributed by atoms with Gasteiger partial charge in [-0.15, -0.1) is 0 Å². The molecule has 2 rings (SSSR count). The Morgan fingerprint density at radius 3 is 2.39 bits per heavy atom. The van der Waals surface area contributed by atoms with E-state index in [1.165, 1.54) is 0 Å². The summed E-state index contributed by atoms with van der Waals surface area (Å²) in [6, 6.07) is 7.37. The number of hydrogen-bond acceptors (Lipinski definition) is 6. The Kier molecular flexibility index (Phi) is 10.6. The fourth-order valence-electron chi connectivity index (χ4n) is 3.95. The maximum Gasteiger partial charge on any atom is 0.335 e. The summed E-state index contributed by atoms with van der Waals surface area (Å²) in [6.07, 6.45) is 0.880. The van der Waals surface area contributed by atoms with Crippen molar-refractivity contribution in [3.05, 3.63) is 40.8 Å². The zero-order valence-electron chi connectivity index (χ0n) is 23.7. The number of hydrogen-bond donors (Lipinski definition) is 1. The van der Waals surface area contributed by atoms with E-state index in [0.717, 1.165) is 17.6 Å². The molecule has 1 aliphatic carbocycles. The molecular weight excluding hydrogens is 490 g/mol. The van der Waals surface area contributed by atoms with Crippen LogP contribution in [-0.4, -0.2) is 49.0 Å². The van der Waals surface area contributed by atoms with Gasteiger partial charge in [-0.2, -0.15) is 0 Å². The number of rotatable bonds is 10. The van der Waals surface area contributed by atoms with Gasteiger partial charge in [0, 0.05) is 11.3 Å². The van der Waals surface area contributed by atoms with Crippen molar-refractivity contribution in [2.24, 2.45) is 16.2 Å². The van der Waals surface area contributed by atoms with Crippen molar-refractivity contribution in [3.63, 3.8) is 0 Å². The fraction of sp³-hybridized carbons (Fsp3) is 0.679. The van der Waals surface area contributed by atoms with Crippen molar-refractivity contribution < 1.29 is 23.3 Å². The molecule has 0 aliphatic heterocycles. The molecule has 0 spiro atoms. The van der Waals surface area contributed by atoms with Crippen LogP contribution in [0.1, 0.15) is 66.4 Å². The van der Waals surface area contributed by atoms with Crippen molar-refractivity contribution in [3.8, 4) is 0 Å². The van der Waals surface area contributed by atoms with Gasteiger partial charge in [0.2, 0.25) is 0 Å². The van der Waals surface area contributed by atoms with Gasteiger partial charge in [0.25, 0.3) is 0 Å². The summed E-state index contributed by atoms with van der Waals surface area (Å²) in [5, 5.41) is 12.5. The Hall–Kier alpha value is -1.48. The van der Waals surface area contributed by atoms with E-state index >= 15 is 0 Å². The smallest absolute Gasteiger partial charge is 0.335 e. The average molecular weight is 538 g/mol. The molecule has 36 heavy (non-hydrogen) atoms. The first-order valence-electron chi connectivity index (χ1n) is 13.1. The second-order valence-electron chi connectivity index (χ2n) is 11.8. The first-order valence-corrected chi connectivity index (χ1v) is 17.6. The third kappa shape index (κ3) is 7.76. The van der Waals surface area contributed by atoms with Crippen molar-refractivity contribution in [2.45, 2.75) is 103 Å². The molecule has 4 atom stereocenters. The molecule has 0 aromatic heterocycles. The van der Waals surface area contributed by atoms with Gasteiger partial charge in [-0.05, 0) is 69.3 Å². The van der Waals surface area contributed by atoms with Gasteiger partial charge in [0.1, 0.15) is 0 Å². The van der Waals surface area contributed by atoms with Crippen molar-refractivity contribution in [2.75, 3.05) is 13.2 Å². The van der Waals surface area contributed by atoms with Crippen molar-refractivity contribution in [1.82, 2.24) is 0 Å². The zero-order chi connectivity index (χ0) is 27.3. The SMILES string of the molecule is CCOC(=O)[C@H](O)[C@@H]1CCC/C1=C/S(=O)(=N[C@@H](CO[Si](C)(C)C(C)(C)C)C(C)C)c1ccc(C)cc1. The van der Waals surface area contributed by atoms with Crippen molar-refractivity contribution in [1.29, 1.82) is 0 Å². The van der Waals surface area contributed by atoms with Crippen molar-refractivity contribution >= 4 is 24.0 Å². The molecule has 0 amide bonds. The maximum atomic E-state index is 14.7. The van der Waals surface area contributed by atoms with E-state index in [1.54, 1.807) is 12.3 Å². The highest BCUT2D eigenvalue weighted by Gasteiger charge is 2.38. The Morgan fingerprint density at radius 1 is 1.25 bits per heavy atom. The molecule has 1 saturated carbocycles. The molecule has 1 N–H and O–H groups in total. The number of aryl methyl sites for hydroxylation is 1. The number of carbonyl (C=O) groups excluding carboxylic acids is 1. The molecule has 0 saturated heterocycles. The number of esters is 1. The second-order valence-corrected chi connectivity index (χ2v) is 18.6. The third-order valence-electron chi connectivity index (χ3n) is 7.52. The summed E-state index contributed by atoms with van der Waals surface area (Å²) in [4.78, 5) is 12.9. The van der Waals surface area contributed by atoms with Gasteiger partial charge < -0.3 is 14.3 Å². The largest absolute Gasteiger partial charge is 0.464 e. The summed E-state index contributed by atoms with van der Waals surface area (Å²) >= 11 is 0. The molecule has 0 radical (unpaired) electrons. The van der Waals surface area contributed by atoms with Crippen LogP contribution in [0, 0.1) is 18.8 Å². The lowest BCUT2D eigenvalue weighted by Crippen LogP contribution is -2.43. The lowest BCUT2D eigenvalue weighted by molar-refractivity contribution is -0.155. The van der Waals surface area contributed by atoms with Gasteiger partial charge in [0.15, 0.2) is 14.4 Å². The molecule has 1 fully saturated rings. The van der Waals surface area contributed by atoms with Crippen LogP contribution in [0.4, 0.5) is 0 Å². The predicted molar refractivity (Wildman–Crippen MR) is 150 cm³/mol. The third-order valence-corrected chi connectivity index (χ3v) is 14.2. The summed E-state index contributed by atoms with van der Waals surface area (Å²) in [5.41, 5.74) is 1.89. The van der Waals surface area contributed by atoms with Crippen LogP contribution in [0.25, 0.3) is 0 Å². The summed E-state index contributed by atoms with van der Waals surface area (Å²) in [7, 11) is -5.00. The Bertz CT molecular complexity index is 1030. The molecule has 204 valence electrons. The molecule has 6 nitrogen and oxygen atoms in total. The van der Waals surface area contributed by atoms with E-state index < -0.39 is 36.0 Å². The quantitative estimate of drug-likeness (QED) is 0.273. The topological polar surface area (TPSA) is 85.2 Å². The Morgan fingerprint density at radius 2 is 1.86 bits per heavy atom. The molecular formula is C28H47NO5SSi. The molecule has 8 heteroatoms. The van der Waals surface area contributed by atoms with Crippen LogP contribution in [0.2, 0.25) is 18.1 Å². The number of aliphatic hydroxyl groups is 1. The number of ether oxygens (including phenoxy) is 1. The summed E-state index contributed by atoms with van der Waals surface area (Å²) < 4.78 is 31.2. The highest BCUT2D eigenvalue weighted by atomic mass is 32.2. The summed E-state index contributed by atoms with van der Waals surface area (Å²) in [6.45, 7) is 19.5. The number of benzene rings is 1. The van der Waals surface area contributed by atoms with Gasteiger partial charge in [0.05, 0.1) is 33.9 Å². The predicted octanol–water partition coefficient (Wildman–Crippen LogP) is 6.48. The van der Waals surface area contributed by atoms with Crippen LogP contribution in [-0.2, 0) is 23.7 Å². The van der Waals surface area contributed by atoms with Gasteiger partial charge in [-0.3, -0.25) is 0 Å². The van der Waals surface area contributed by atoms with Crippen LogP contribution < -0.4 is 0 Å². The summed E-state index contributed by atoms with van der Waals surface area (Å²) in [5.74, 6) is -0.910. The van der Waals surface area contributed by atoms with Crippen LogP contribution >= 0.6 is 0 Å². The molecule has 1 aromatic rings. The van der Waals surface area contributed by atoms with E-state index in [0.29, 0.717) is 24.3 Å². The minimum absolute atomic E-state index is 0.0647. The van der Waals surface area contributed by atoms with E-state index in [-0.39, 0.29) is 23.6 Å². The van der Waals surface area contributed by atoms with E-state index in [4.69, 9.17) is 13.5 Å². The second kappa shape index (κ2) is 12.4. The Labute approximate surface area is 220 Å². The fourth-order valence-corrected chi connectivity index (χ4v) is 7.22. The number of nitrogens with zero attached hydrogens (tertiary/aromatic N) is 1. The molecule has 0 heterocycles. The normalized spacial score (nSPS) is 21.3. The molecule has 1 aromatic carbocycles. The molecule has 1 aliphatic rings.